The molecule has 0 aromatic carbocycles. The van der Waals surface area contributed by atoms with E-state index in [0.717, 1.165) is 5.56 Å². The summed E-state index contributed by atoms with van der Waals surface area (Å²) in [6.07, 6.45) is 3.08. The van der Waals surface area contributed by atoms with Crippen LogP contribution in [0.25, 0.3) is 11.4 Å². The van der Waals surface area contributed by atoms with Crippen LogP contribution in [0.2, 0.25) is 0 Å². The SMILES string of the molecule is Cn1c(N2CCOC(c3ccsc3)C2)nc(-c2ccncn2)cc1=O. The van der Waals surface area contributed by atoms with Gasteiger partial charge in [0.2, 0.25) is 5.95 Å². The molecule has 4 heterocycles. The van der Waals surface area contributed by atoms with Gasteiger partial charge in [-0.1, -0.05) is 0 Å². The predicted molar refractivity (Wildman–Crippen MR) is 95.7 cm³/mol. The van der Waals surface area contributed by atoms with Gasteiger partial charge in [-0.25, -0.2) is 15.0 Å². The van der Waals surface area contributed by atoms with E-state index in [1.54, 1.807) is 35.2 Å². The molecule has 1 aliphatic heterocycles. The summed E-state index contributed by atoms with van der Waals surface area (Å²) in [5.74, 6) is 0.629. The molecule has 0 bridgehead atoms. The van der Waals surface area contributed by atoms with Crippen LogP contribution in [-0.2, 0) is 11.8 Å². The number of nitrogens with zero attached hydrogens (tertiary/aromatic N) is 5. The molecule has 0 amide bonds. The first-order chi connectivity index (χ1) is 12.2. The summed E-state index contributed by atoms with van der Waals surface area (Å²) in [7, 11) is 1.74. The molecule has 0 aliphatic carbocycles. The molecule has 4 rings (SSSR count). The Balaban J connectivity index is 1.69. The summed E-state index contributed by atoms with van der Waals surface area (Å²) in [5, 5.41) is 4.14. The predicted octanol–water partition coefficient (Wildman–Crippen LogP) is 1.88. The van der Waals surface area contributed by atoms with Gasteiger partial charge in [0.05, 0.1) is 24.5 Å². The third-order valence-corrected chi connectivity index (χ3v) is 4.92. The van der Waals surface area contributed by atoms with Gasteiger partial charge < -0.3 is 9.64 Å². The van der Waals surface area contributed by atoms with Crippen molar-refractivity contribution in [2.75, 3.05) is 24.6 Å². The summed E-state index contributed by atoms with van der Waals surface area (Å²) in [6, 6.07) is 5.32. The second kappa shape index (κ2) is 6.73. The van der Waals surface area contributed by atoms with E-state index < -0.39 is 0 Å². The second-order valence-electron chi connectivity index (χ2n) is 5.80. The minimum absolute atomic E-state index is 0.0143. The molecular formula is C17H17N5O2S. The lowest BCUT2D eigenvalue weighted by Crippen LogP contribution is -2.41. The van der Waals surface area contributed by atoms with E-state index in [-0.39, 0.29) is 11.7 Å². The monoisotopic (exact) mass is 355 g/mol. The Kier molecular flexibility index (Phi) is 4.29. The highest BCUT2D eigenvalue weighted by molar-refractivity contribution is 7.07. The Labute approximate surface area is 148 Å². The lowest BCUT2D eigenvalue weighted by atomic mass is 10.1. The van der Waals surface area contributed by atoms with Gasteiger partial charge in [-0.3, -0.25) is 9.36 Å². The summed E-state index contributed by atoms with van der Waals surface area (Å²) in [4.78, 5) is 27.3. The second-order valence-corrected chi connectivity index (χ2v) is 6.58. The molecule has 128 valence electrons. The topological polar surface area (TPSA) is 73.1 Å². The molecule has 3 aromatic heterocycles. The highest BCUT2D eigenvalue weighted by atomic mass is 32.1. The Morgan fingerprint density at radius 1 is 1.32 bits per heavy atom. The van der Waals surface area contributed by atoms with Gasteiger partial charge in [0.1, 0.15) is 12.4 Å². The first kappa shape index (κ1) is 15.9. The third kappa shape index (κ3) is 3.18. The van der Waals surface area contributed by atoms with Crippen molar-refractivity contribution in [2.24, 2.45) is 7.05 Å². The minimum Gasteiger partial charge on any atom is -0.370 e. The highest BCUT2D eigenvalue weighted by Gasteiger charge is 2.25. The number of thiophene rings is 1. The van der Waals surface area contributed by atoms with Gasteiger partial charge in [0.25, 0.3) is 5.56 Å². The van der Waals surface area contributed by atoms with E-state index >= 15 is 0 Å². The maximum absolute atomic E-state index is 12.4. The van der Waals surface area contributed by atoms with E-state index in [0.29, 0.717) is 37.0 Å². The van der Waals surface area contributed by atoms with Gasteiger partial charge in [0.15, 0.2) is 0 Å². The van der Waals surface area contributed by atoms with Crippen LogP contribution in [0.5, 0.6) is 0 Å². The molecule has 7 nitrogen and oxygen atoms in total. The standard InChI is InChI=1S/C17H17N5O2S/c1-21-16(23)8-14(13-2-4-18-11-19-13)20-17(21)22-5-6-24-15(9-22)12-3-7-25-10-12/h2-4,7-8,10-11,15H,5-6,9H2,1H3. The fourth-order valence-electron chi connectivity index (χ4n) is 2.87. The Hall–Kier alpha value is -2.58. The lowest BCUT2D eigenvalue weighted by Gasteiger charge is -2.34. The molecule has 3 aromatic rings. The van der Waals surface area contributed by atoms with E-state index in [2.05, 4.69) is 31.3 Å². The third-order valence-electron chi connectivity index (χ3n) is 4.22. The summed E-state index contributed by atoms with van der Waals surface area (Å²) < 4.78 is 7.46. The average molecular weight is 355 g/mol. The van der Waals surface area contributed by atoms with Crippen LogP contribution < -0.4 is 10.5 Å². The number of morpholine rings is 1. The number of aromatic nitrogens is 4. The van der Waals surface area contributed by atoms with Crippen molar-refractivity contribution < 1.29 is 4.74 Å². The van der Waals surface area contributed by atoms with E-state index in [9.17, 15) is 4.79 Å². The normalized spacial score (nSPS) is 17.6. The van der Waals surface area contributed by atoms with Crippen molar-refractivity contribution in [3.8, 4) is 11.4 Å². The molecule has 0 spiro atoms. The molecule has 1 unspecified atom stereocenters. The largest absolute Gasteiger partial charge is 0.370 e. The highest BCUT2D eigenvalue weighted by Crippen LogP contribution is 2.26. The molecule has 1 fully saturated rings. The number of hydrogen-bond donors (Lipinski definition) is 0. The van der Waals surface area contributed by atoms with Crippen molar-refractivity contribution in [3.05, 3.63) is 57.4 Å². The number of ether oxygens (including phenoxy) is 1. The number of rotatable bonds is 3. The number of anilines is 1. The average Bonchev–Trinajstić information content (AvgIpc) is 3.19. The fraction of sp³-hybridized carbons (Fsp3) is 0.294. The molecule has 1 atom stereocenters. The van der Waals surface area contributed by atoms with Gasteiger partial charge in [-0.05, 0) is 28.5 Å². The quantitative estimate of drug-likeness (QED) is 0.714. The fourth-order valence-corrected chi connectivity index (χ4v) is 3.58. The van der Waals surface area contributed by atoms with Gasteiger partial charge in [-0.2, -0.15) is 11.3 Å². The molecular weight excluding hydrogens is 338 g/mol. The maximum Gasteiger partial charge on any atom is 0.255 e. The lowest BCUT2D eigenvalue weighted by molar-refractivity contribution is 0.0392. The van der Waals surface area contributed by atoms with E-state index in [4.69, 9.17) is 4.74 Å². The first-order valence-corrected chi connectivity index (χ1v) is 8.90. The summed E-state index contributed by atoms with van der Waals surface area (Å²) in [5.41, 5.74) is 2.24. The van der Waals surface area contributed by atoms with Gasteiger partial charge in [0, 0.05) is 25.9 Å². The van der Waals surface area contributed by atoms with Gasteiger partial charge >= 0.3 is 0 Å². The first-order valence-electron chi connectivity index (χ1n) is 7.95. The molecule has 1 saturated heterocycles. The van der Waals surface area contributed by atoms with Crippen molar-refractivity contribution in [2.45, 2.75) is 6.10 Å². The molecule has 25 heavy (non-hydrogen) atoms. The van der Waals surface area contributed by atoms with E-state index in [1.807, 2.05) is 5.38 Å². The van der Waals surface area contributed by atoms with Crippen LogP contribution in [0.4, 0.5) is 5.95 Å². The van der Waals surface area contributed by atoms with Crippen LogP contribution in [0.1, 0.15) is 11.7 Å². The minimum atomic E-state index is -0.114. The van der Waals surface area contributed by atoms with E-state index in [1.165, 1.54) is 12.4 Å². The maximum atomic E-state index is 12.4. The molecule has 1 aliphatic rings. The van der Waals surface area contributed by atoms with Gasteiger partial charge in [-0.15, -0.1) is 0 Å². The van der Waals surface area contributed by atoms with Crippen LogP contribution in [0.15, 0.2) is 46.3 Å². The zero-order valence-electron chi connectivity index (χ0n) is 13.7. The zero-order chi connectivity index (χ0) is 17.2. The summed E-state index contributed by atoms with van der Waals surface area (Å²) in [6.45, 7) is 1.94. The van der Waals surface area contributed by atoms with Crippen molar-refractivity contribution in [3.63, 3.8) is 0 Å². The summed E-state index contributed by atoms with van der Waals surface area (Å²) >= 11 is 1.65. The molecule has 8 heteroatoms. The number of hydrogen-bond acceptors (Lipinski definition) is 7. The molecule has 0 saturated carbocycles. The van der Waals surface area contributed by atoms with Crippen molar-refractivity contribution in [1.29, 1.82) is 0 Å². The van der Waals surface area contributed by atoms with Crippen molar-refractivity contribution >= 4 is 17.3 Å². The van der Waals surface area contributed by atoms with Crippen LogP contribution in [0.3, 0.4) is 0 Å². The molecule has 0 radical (unpaired) electrons. The van der Waals surface area contributed by atoms with Crippen LogP contribution in [0, 0.1) is 0 Å². The zero-order valence-corrected chi connectivity index (χ0v) is 14.5. The Bertz CT molecular complexity index is 911. The van der Waals surface area contributed by atoms with Crippen LogP contribution >= 0.6 is 11.3 Å². The Morgan fingerprint density at radius 3 is 3.00 bits per heavy atom. The molecule has 0 N–H and O–H groups in total. The van der Waals surface area contributed by atoms with Crippen LogP contribution in [-0.4, -0.2) is 39.2 Å². The smallest absolute Gasteiger partial charge is 0.255 e. The Morgan fingerprint density at radius 2 is 2.24 bits per heavy atom. The van der Waals surface area contributed by atoms with Crippen molar-refractivity contribution in [1.82, 2.24) is 19.5 Å².